The average Bonchev–Trinajstić information content (AvgIpc) is 3.67. The molecule has 0 aromatic heterocycles. The first-order valence-corrected chi connectivity index (χ1v) is 17.7. The zero-order chi connectivity index (χ0) is 41.0. The van der Waals surface area contributed by atoms with Gasteiger partial charge in [-0.3, -0.25) is 33.6 Å². The van der Waals surface area contributed by atoms with Gasteiger partial charge in [-0.2, -0.15) is 0 Å². The lowest BCUT2D eigenvalue weighted by atomic mass is 9.67. The van der Waals surface area contributed by atoms with E-state index in [0.29, 0.717) is 19.4 Å². The molecular weight excluding hydrogens is 712 g/mol. The summed E-state index contributed by atoms with van der Waals surface area (Å²) in [6, 6.07) is -0.705. The molecule has 2 amide bonds. The van der Waals surface area contributed by atoms with Crippen molar-refractivity contribution in [3.05, 3.63) is 24.3 Å². The van der Waals surface area contributed by atoms with Gasteiger partial charge in [0, 0.05) is 36.6 Å². The lowest BCUT2D eigenvalue weighted by molar-refractivity contribution is -0.174. The minimum absolute atomic E-state index is 0.00499. The Labute approximate surface area is 313 Å². The number of nitrogens with one attached hydrogen (secondary N) is 1. The van der Waals surface area contributed by atoms with Crippen molar-refractivity contribution in [3.63, 3.8) is 0 Å². The van der Waals surface area contributed by atoms with Gasteiger partial charge in [-0.25, -0.2) is 14.4 Å². The highest BCUT2D eigenvalue weighted by Crippen LogP contribution is 2.45. The van der Waals surface area contributed by atoms with Gasteiger partial charge in [-0.05, 0) is 53.4 Å². The van der Waals surface area contributed by atoms with Crippen LogP contribution in [0.2, 0.25) is 0 Å². The van der Waals surface area contributed by atoms with Crippen LogP contribution in [0.5, 0.6) is 0 Å². The van der Waals surface area contributed by atoms with E-state index in [1.165, 1.54) is 25.7 Å². The summed E-state index contributed by atoms with van der Waals surface area (Å²) in [6.45, 7) is 13.1. The van der Waals surface area contributed by atoms with Gasteiger partial charge in [0.15, 0.2) is 11.6 Å². The Hall–Kier alpha value is -5.22. The van der Waals surface area contributed by atoms with Crippen molar-refractivity contribution < 1.29 is 71.6 Å². The second kappa shape index (κ2) is 19.7. The molecule has 54 heavy (non-hydrogen) atoms. The van der Waals surface area contributed by atoms with Gasteiger partial charge in [-0.15, -0.1) is 0 Å². The maximum absolute atomic E-state index is 13.6. The number of rotatable bonds is 22. The van der Waals surface area contributed by atoms with E-state index >= 15 is 0 Å². The highest BCUT2D eigenvalue weighted by atomic mass is 16.6. The van der Waals surface area contributed by atoms with E-state index in [4.69, 9.17) is 23.7 Å². The van der Waals surface area contributed by atoms with Crippen LogP contribution in [0.3, 0.4) is 0 Å². The lowest BCUT2D eigenvalue weighted by Crippen LogP contribution is -2.57. The summed E-state index contributed by atoms with van der Waals surface area (Å²) >= 11 is 0. The van der Waals surface area contributed by atoms with E-state index in [9.17, 15) is 47.9 Å². The second-order valence-corrected chi connectivity index (χ2v) is 13.4. The normalized spacial score (nSPS) is 19.4. The standard InChI is InChI=1S/C37H50N2O15/c1-9-24(39-16-11-14-26(39)42)27-28(32(46)54-31(27)45)36(8,10-2)34(48)52-19-20-53-35(49)37(23(7)40,25(41)13-12-17-50-29(43)21(3)4)33(47)38-15-18-51-30(44)22(5)6/h24,27-28H,3,5,9-20H2,1-2,4,6-8H3,(H,38,47). The van der Waals surface area contributed by atoms with Crippen molar-refractivity contribution in [2.45, 2.75) is 86.1 Å². The fourth-order valence-corrected chi connectivity index (χ4v) is 6.38. The number of ether oxygens (including phenoxy) is 5. The van der Waals surface area contributed by atoms with Gasteiger partial charge in [0.25, 0.3) is 11.3 Å². The Morgan fingerprint density at radius 1 is 0.852 bits per heavy atom. The van der Waals surface area contributed by atoms with Gasteiger partial charge in [-0.1, -0.05) is 27.0 Å². The van der Waals surface area contributed by atoms with Gasteiger partial charge in [0.2, 0.25) is 5.91 Å². The van der Waals surface area contributed by atoms with E-state index in [1.807, 2.05) is 0 Å². The molecule has 0 radical (unpaired) electrons. The van der Waals surface area contributed by atoms with Crippen LogP contribution in [-0.4, -0.2) is 110 Å². The topological polar surface area (TPSA) is 232 Å². The number of carbonyl (C=O) groups excluding carboxylic acids is 10. The molecule has 2 fully saturated rings. The van der Waals surface area contributed by atoms with Crippen molar-refractivity contribution in [2.24, 2.45) is 22.7 Å². The summed E-state index contributed by atoms with van der Waals surface area (Å²) in [6.07, 6.45) is 0.411. The Morgan fingerprint density at radius 3 is 1.93 bits per heavy atom. The third-order valence-electron chi connectivity index (χ3n) is 9.56. The number of carbonyl (C=O) groups is 10. The number of cyclic esters (lactones) is 2. The monoisotopic (exact) mass is 762 g/mol. The third-order valence-corrected chi connectivity index (χ3v) is 9.56. The predicted octanol–water partition coefficient (Wildman–Crippen LogP) is 1.49. The second-order valence-electron chi connectivity index (χ2n) is 13.4. The molecule has 17 nitrogen and oxygen atoms in total. The number of hydrogen-bond donors (Lipinski definition) is 1. The number of nitrogens with zero attached hydrogens (tertiary/aromatic N) is 1. The summed E-state index contributed by atoms with van der Waals surface area (Å²) in [4.78, 5) is 131. The average molecular weight is 763 g/mol. The Kier molecular flexibility index (Phi) is 16.4. The number of Topliss-reactive ketones (excluding diaryl/α,β-unsaturated/α-hetero) is 2. The molecule has 17 heteroatoms. The van der Waals surface area contributed by atoms with Crippen molar-refractivity contribution in [2.75, 3.05) is 39.5 Å². The van der Waals surface area contributed by atoms with E-state index in [2.05, 4.69) is 18.5 Å². The lowest BCUT2D eigenvalue weighted by Gasteiger charge is -2.37. The SMILES string of the molecule is C=C(C)C(=O)OCCCC(=O)C(C(C)=O)(C(=O)NCCOC(=O)C(=C)C)C(=O)OCCOC(=O)C(C)(CC)C1C(=O)OC(=O)C1C(CC)N1CCCC1=O. The Morgan fingerprint density at radius 2 is 1.43 bits per heavy atom. The number of amides is 2. The smallest absolute Gasteiger partial charge is 0.337 e. The van der Waals surface area contributed by atoms with Crippen LogP contribution in [0.15, 0.2) is 24.3 Å². The predicted molar refractivity (Wildman–Crippen MR) is 185 cm³/mol. The van der Waals surface area contributed by atoms with E-state index < -0.39 is 115 Å². The summed E-state index contributed by atoms with van der Waals surface area (Å²) in [7, 11) is 0. The van der Waals surface area contributed by atoms with Gasteiger partial charge < -0.3 is 33.9 Å². The fraction of sp³-hybridized carbons (Fsp3) is 0.622. The quantitative estimate of drug-likeness (QED) is 0.0541. The van der Waals surface area contributed by atoms with Crippen LogP contribution in [-0.2, 0) is 71.6 Å². The van der Waals surface area contributed by atoms with Crippen molar-refractivity contribution in [1.82, 2.24) is 10.2 Å². The van der Waals surface area contributed by atoms with Gasteiger partial charge in [0.1, 0.15) is 19.8 Å². The van der Waals surface area contributed by atoms with Crippen molar-refractivity contribution in [1.29, 1.82) is 0 Å². The molecule has 0 bridgehead atoms. The number of likely N-dealkylation sites (tertiary alicyclic amines) is 1. The molecule has 1 N–H and O–H groups in total. The van der Waals surface area contributed by atoms with Crippen LogP contribution < -0.4 is 5.32 Å². The molecule has 2 aliphatic rings. The van der Waals surface area contributed by atoms with Gasteiger partial charge in [0.05, 0.1) is 30.4 Å². The maximum atomic E-state index is 13.6. The van der Waals surface area contributed by atoms with Crippen LogP contribution >= 0.6 is 0 Å². The molecule has 2 saturated heterocycles. The minimum Gasteiger partial charge on any atom is -0.462 e. The molecule has 2 rings (SSSR count). The van der Waals surface area contributed by atoms with E-state index in [1.54, 1.807) is 13.8 Å². The zero-order valence-electron chi connectivity index (χ0n) is 31.7. The summed E-state index contributed by atoms with van der Waals surface area (Å²) < 4.78 is 25.4. The molecule has 0 spiro atoms. The minimum atomic E-state index is -3.04. The molecular formula is C37H50N2O15. The highest BCUT2D eigenvalue weighted by Gasteiger charge is 2.61. The maximum Gasteiger partial charge on any atom is 0.337 e. The van der Waals surface area contributed by atoms with E-state index in [-0.39, 0.29) is 42.9 Å². The first-order chi connectivity index (χ1) is 25.3. The molecule has 5 atom stereocenters. The third kappa shape index (κ3) is 10.0. The first-order valence-electron chi connectivity index (χ1n) is 17.7. The molecule has 2 aliphatic heterocycles. The molecule has 0 saturated carbocycles. The van der Waals surface area contributed by atoms with Crippen LogP contribution in [0, 0.1) is 22.7 Å². The Bertz CT molecular complexity index is 1520. The fourth-order valence-electron chi connectivity index (χ4n) is 6.38. The summed E-state index contributed by atoms with van der Waals surface area (Å²) in [5, 5.41) is 2.23. The van der Waals surface area contributed by atoms with Crippen molar-refractivity contribution >= 4 is 59.2 Å². The van der Waals surface area contributed by atoms with Crippen LogP contribution in [0.25, 0.3) is 0 Å². The molecule has 2 heterocycles. The molecule has 0 aromatic carbocycles. The zero-order valence-corrected chi connectivity index (χ0v) is 31.7. The highest BCUT2D eigenvalue weighted by molar-refractivity contribution is 6.36. The molecule has 0 aromatic rings. The van der Waals surface area contributed by atoms with Crippen LogP contribution in [0.1, 0.15) is 80.1 Å². The number of hydrogen-bond acceptors (Lipinski definition) is 15. The van der Waals surface area contributed by atoms with Crippen LogP contribution in [0.4, 0.5) is 0 Å². The van der Waals surface area contributed by atoms with E-state index in [0.717, 1.165) is 6.92 Å². The molecule has 298 valence electrons. The number of esters is 6. The van der Waals surface area contributed by atoms with Gasteiger partial charge >= 0.3 is 35.8 Å². The van der Waals surface area contributed by atoms with Crippen molar-refractivity contribution in [3.8, 4) is 0 Å². The Balaban J connectivity index is 2.24. The molecule has 0 aliphatic carbocycles. The molecule has 5 unspecified atom stereocenters. The first kappa shape index (κ1) is 44.9. The number of ketones is 2. The summed E-state index contributed by atoms with van der Waals surface area (Å²) in [5.41, 5.74) is -4.50. The largest absolute Gasteiger partial charge is 0.462 e. The summed E-state index contributed by atoms with van der Waals surface area (Å²) in [5.74, 6) is -12.2.